The van der Waals surface area contributed by atoms with Crippen molar-refractivity contribution in [2.45, 2.75) is 50.6 Å². The number of carbonyl (C=O) groups is 1. The second-order valence-corrected chi connectivity index (χ2v) is 4.21. The third-order valence-corrected chi connectivity index (χ3v) is 2.73. The molecule has 0 N–H and O–H groups in total. The zero-order valence-corrected chi connectivity index (χ0v) is 9.27. The summed E-state index contributed by atoms with van der Waals surface area (Å²) in [6.07, 6.45) is -9.44. The van der Waals surface area contributed by atoms with Crippen molar-refractivity contribution >= 4 is 5.97 Å². The number of ether oxygens (including phenoxy) is 1. The van der Waals surface area contributed by atoms with E-state index < -0.39 is 30.3 Å². The van der Waals surface area contributed by atoms with Crippen molar-refractivity contribution in [2.24, 2.45) is 5.92 Å². The molecule has 0 unspecified atom stereocenters. The first kappa shape index (κ1) is 15.1. The topological polar surface area (TPSA) is 26.3 Å². The molecule has 1 rings (SSSR count). The van der Waals surface area contributed by atoms with Gasteiger partial charge in [-0.3, -0.25) is 4.79 Å². The molecule has 1 fully saturated rings. The molecule has 0 aromatic carbocycles. The van der Waals surface area contributed by atoms with E-state index in [-0.39, 0.29) is 0 Å². The molecule has 8 heteroatoms. The Labute approximate surface area is 99.3 Å². The minimum Gasteiger partial charge on any atom is -0.462 e. The molecule has 0 atom stereocenters. The Morgan fingerprint density at radius 2 is 1.39 bits per heavy atom. The van der Waals surface area contributed by atoms with Crippen molar-refractivity contribution in [3.8, 4) is 0 Å². The largest absolute Gasteiger partial charge is 0.462 e. The Kier molecular flexibility index (Phi) is 4.50. The third-order valence-electron chi connectivity index (χ3n) is 2.73. The third kappa shape index (κ3) is 4.06. The SMILES string of the molecule is O=C(OC1CCCCC1)C(C(F)(F)F)C(F)(F)F. The number of carbonyl (C=O) groups excluding carboxylic acids is 1. The number of hydrogen-bond donors (Lipinski definition) is 0. The maximum atomic E-state index is 12.2. The smallest absolute Gasteiger partial charge is 0.411 e. The van der Waals surface area contributed by atoms with Crippen molar-refractivity contribution in [3.05, 3.63) is 0 Å². The van der Waals surface area contributed by atoms with E-state index in [1.807, 2.05) is 0 Å². The van der Waals surface area contributed by atoms with Crippen molar-refractivity contribution in [1.29, 1.82) is 0 Å². The van der Waals surface area contributed by atoms with Gasteiger partial charge in [0.15, 0.2) is 0 Å². The number of rotatable bonds is 2. The Balaban J connectivity index is 2.71. The van der Waals surface area contributed by atoms with Crippen molar-refractivity contribution in [3.63, 3.8) is 0 Å². The molecule has 18 heavy (non-hydrogen) atoms. The predicted molar refractivity (Wildman–Crippen MR) is 48.6 cm³/mol. The van der Waals surface area contributed by atoms with Crippen LogP contribution in [0.2, 0.25) is 0 Å². The highest BCUT2D eigenvalue weighted by molar-refractivity contribution is 5.74. The van der Waals surface area contributed by atoms with Gasteiger partial charge in [-0.25, -0.2) is 0 Å². The molecular formula is C10H12F6O2. The average molecular weight is 278 g/mol. The lowest BCUT2D eigenvalue weighted by Gasteiger charge is -2.26. The van der Waals surface area contributed by atoms with Crippen molar-refractivity contribution < 1.29 is 35.9 Å². The normalized spacial score (nSPS) is 19.1. The summed E-state index contributed by atoms with van der Waals surface area (Å²) in [4.78, 5) is 11.0. The van der Waals surface area contributed by atoms with Gasteiger partial charge in [-0.15, -0.1) is 0 Å². The summed E-state index contributed by atoms with van der Waals surface area (Å²) in [6.45, 7) is 0. The standard InChI is InChI=1S/C10H12F6O2/c11-9(12,13)7(10(14,15)16)8(17)18-6-4-2-1-3-5-6/h6-7H,1-5H2. The molecule has 0 bridgehead atoms. The number of hydrogen-bond acceptors (Lipinski definition) is 2. The molecule has 0 aliphatic heterocycles. The van der Waals surface area contributed by atoms with E-state index in [0.717, 1.165) is 6.42 Å². The fraction of sp³-hybridized carbons (Fsp3) is 0.900. The Bertz CT molecular complexity index is 276. The zero-order chi connectivity index (χ0) is 14.0. The van der Waals surface area contributed by atoms with Gasteiger partial charge >= 0.3 is 18.3 Å². The van der Waals surface area contributed by atoms with E-state index in [0.29, 0.717) is 25.7 Å². The van der Waals surface area contributed by atoms with E-state index in [1.165, 1.54) is 0 Å². The average Bonchev–Trinajstić information content (AvgIpc) is 2.13. The van der Waals surface area contributed by atoms with Gasteiger partial charge in [-0.05, 0) is 25.7 Å². The number of esters is 1. The van der Waals surface area contributed by atoms with Gasteiger partial charge in [0, 0.05) is 0 Å². The first-order valence-electron chi connectivity index (χ1n) is 5.46. The molecule has 1 aliphatic rings. The van der Waals surface area contributed by atoms with Crippen LogP contribution in [0.25, 0.3) is 0 Å². The monoisotopic (exact) mass is 278 g/mol. The van der Waals surface area contributed by atoms with Crippen LogP contribution in [0.1, 0.15) is 32.1 Å². The second kappa shape index (κ2) is 5.36. The van der Waals surface area contributed by atoms with Gasteiger partial charge < -0.3 is 4.74 Å². The lowest BCUT2D eigenvalue weighted by atomic mass is 9.97. The maximum absolute atomic E-state index is 12.2. The van der Waals surface area contributed by atoms with E-state index in [1.54, 1.807) is 0 Å². The fourth-order valence-electron chi connectivity index (χ4n) is 1.87. The molecule has 0 saturated heterocycles. The van der Waals surface area contributed by atoms with E-state index >= 15 is 0 Å². The summed E-state index contributed by atoms with van der Waals surface area (Å²) in [7, 11) is 0. The van der Waals surface area contributed by atoms with Crippen LogP contribution in [-0.4, -0.2) is 24.4 Å². The molecule has 1 aliphatic carbocycles. The van der Waals surface area contributed by atoms with Gasteiger partial charge in [0.25, 0.3) is 0 Å². The van der Waals surface area contributed by atoms with Crippen molar-refractivity contribution in [2.75, 3.05) is 0 Å². The minimum atomic E-state index is -5.68. The van der Waals surface area contributed by atoms with Gasteiger partial charge in [-0.1, -0.05) is 6.42 Å². The van der Waals surface area contributed by atoms with Crippen LogP contribution >= 0.6 is 0 Å². The van der Waals surface area contributed by atoms with Crippen LogP contribution in [-0.2, 0) is 9.53 Å². The van der Waals surface area contributed by atoms with Crippen LogP contribution in [0, 0.1) is 5.92 Å². The van der Waals surface area contributed by atoms with Gasteiger partial charge in [-0.2, -0.15) is 26.3 Å². The van der Waals surface area contributed by atoms with E-state index in [9.17, 15) is 31.1 Å². The van der Waals surface area contributed by atoms with E-state index in [4.69, 9.17) is 0 Å². The lowest BCUT2D eigenvalue weighted by molar-refractivity contribution is -0.283. The molecule has 106 valence electrons. The molecule has 2 nitrogen and oxygen atoms in total. The zero-order valence-electron chi connectivity index (χ0n) is 9.27. The molecule has 0 aromatic rings. The van der Waals surface area contributed by atoms with Crippen LogP contribution in [0.15, 0.2) is 0 Å². The van der Waals surface area contributed by atoms with Gasteiger partial charge in [0.1, 0.15) is 6.10 Å². The Morgan fingerprint density at radius 3 is 1.78 bits per heavy atom. The van der Waals surface area contributed by atoms with Crippen LogP contribution in [0.4, 0.5) is 26.3 Å². The quantitative estimate of drug-likeness (QED) is 0.570. The summed E-state index contributed by atoms with van der Waals surface area (Å²) >= 11 is 0. The predicted octanol–water partition coefficient (Wildman–Crippen LogP) is 3.60. The van der Waals surface area contributed by atoms with E-state index in [2.05, 4.69) is 4.74 Å². The maximum Gasteiger partial charge on any atom is 0.411 e. The molecule has 0 amide bonds. The summed E-state index contributed by atoms with van der Waals surface area (Å²) in [5.74, 6) is -6.30. The van der Waals surface area contributed by atoms with Gasteiger partial charge in [0.05, 0.1) is 0 Å². The summed E-state index contributed by atoms with van der Waals surface area (Å²) in [5, 5.41) is 0. The molecular weight excluding hydrogens is 266 g/mol. The highest BCUT2D eigenvalue weighted by atomic mass is 19.4. The van der Waals surface area contributed by atoms with Crippen LogP contribution < -0.4 is 0 Å². The highest BCUT2D eigenvalue weighted by Crippen LogP contribution is 2.40. The lowest BCUT2D eigenvalue weighted by Crippen LogP contribution is -2.44. The minimum absolute atomic E-state index is 0.314. The van der Waals surface area contributed by atoms with Crippen LogP contribution in [0.5, 0.6) is 0 Å². The first-order valence-corrected chi connectivity index (χ1v) is 5.46. The number of alkyl halides is 6. The molecule has 1 saturated carbocycles. The molecule has 0 radical (unpaired) electrons. The Morgan fingerprint density at radius 1 is 0.944 bits per heavy atom. The molecule has 0 spiro atoms. The molecule has 0 aromatic heterocycles. The summed E-state index contributed by atoms with van der Waals surface area (Å²) in [5.41, 5.74) is 0. The fourth-order valence-corrected chi connectivity index (χ4v) is 1.87. The highest BCUT2D eigenvalue weighted by Gasteiger charge is 2.62. The summed E-state index contributed by atoms with van der Waals surface area (Å²) < 4.78 is 77.5. The Hall–Kier alpha value is -0.950. The first-order chi connectivity index (χ1) is 8.12. The second-order valence-electron chi connectivity index (χ2n) is 4.21. The number of halogens is 6. The van der Waals surface area contributed by atoms with Gasteiger partial charge in [0.2, 0.25) is 5.92 Å². The van der Waals surface area contributed by atoms with Crippen LogP contribution in [0.3, 0.4) is 0 Å². The van der Waals surface area contributed by atoms with Crippen molar-refractivity contribution in [1.82, 2.24) is 0 Å². The molecule has 0 heterocycles. The summed E-state index contributed by atoms with van der Waals surface area (Å²) in [6, 6.07) is 0.